The van der Waals surface area contributed by atoms with E-state index in [0.29, 0.717) is 11.7 Å². The SMILES string of the molecule is Cn1nnc(/C=C/C(=O)N2[C@@H]3CC[C@H]2CC(NC(=O)[C@]24C[C@H]2Cc2cn[nH]c24)C3)n1. The highest BCUT2D eigenvalue weighted by molar-refractivity contribution is 5.94. The second kappa shape index (κ2) is 6.23. The number of piperidine rings is 1. The molecule has 2 amide bonds. The fourth-order valence-electron chi connectivity index (χ4n) is 5.96. The number of carbonyl (C=O) groups excluding carboxylic acids is 2. The van der Waals surface area contributed by atoms with E-state index >= 15 is 0 Å². The average Bonchev–Trinajstić information content (AvgIpc) is 3.10. The smallest absolute Gasteiger partial charge is 0.247 e. The van der Waals surface area contributed by atoms with Gasteiger partial charge in [-0.3, -0.25) is 14.7 Å². The number of amides is 2. The lowest BCUT2D eigenvalue weighted by atomic mass is 9.95. The van der Waals surface area contributed by atoms with Crippen molar-refractivity contribution in [3.05, 3.63) is 29.4 Å². The molecule has 0 spiro atoms. The van der Waals surface area contributed by atoms with E-state index in [9.17, 15) is 9.59 Å². The van der Waals surface area contributed by atoms with Crippen LogP contribution in [0.1, 0.15) is 49.2 Å². The summed E-state index contributed by atoms with van der Waals surface area (Å²) in [7, 11) is 1.69. The highest BCUT2D eigenvalue weighted by Crippen LogP contribution is 2.61. The van der Waals surface area contributed by atoms with Gasteiger partial charge in [0.1, 0.15) is 0 Å². The Kier molecular flexibility index (Phi) is 3.69. The number of fused-ring (bicyclic) bond motifs is 5. The van der Waals surface area contributed by atoms with Gasteiger partial charge in [-0.2, -0.15) is 9.90 Å². The molecule has 1 saturated carbocycles. The van der Waals surface area contributed by atoms with Crippen molar-refractivity contribution in [1.82, 2.24) is 40.6 Å². The number of hydrogen-bond donors (Lipinski definition) is 2. The largest absolute Gasteiger partial charge is 0.352 e. The van der Waals surface area contributed by atoms with Crippen molar-refractivity contribution < 1.29 is 9.59 Å². The van der Waals surface area contributed by atoms with E-state index in [0.717, 1.165) is 44.2 Å². The lowest BCUT2D eigenvalue weighted by molar-refractivity contribution is -0.131. The maximum absolute atomic E-state index is 13.2. The van der Waals surface area contributed by atoms with Crippen molar-refractivity contribution in [2.24, 2.45) is 13.0 Å². The minimum atomic E-state index is -0.385. The van der Waals surface area contributed by atoms with Gasteiger partial charge in [0.25, 0.3) is 0 Å². The predicted octanol–water partition coefficient (Wildman–Crippen LogP) is 0.0986. The van der Waals surface area contributed by atoms with Gasteiger partial charge in [-0.1, -0.05) is 0 Å². The molecule has 4 aliphatic rings. The first-order valence-corrected chi connectivity index (χ1v) is 10.6. The van der Waals surface area contributed by atoms with E-state index in [4.69, 9.17) is 0 Å². The molecular formula is C20H24N8O2. The van der Waals surface area contributed by atoms with Crippen molar-refractivity contribution >= 4 is 17.9 Å². The first kappa shape index (κ1) is 17.8. The maximum atomic E-state index is 13.2. The van der Waals surface area contributed by atoms with Crippen LogP contribution >= 0.6 is 0 Å². The fraction of sp³-hybridized carbons (Fsp3) is 0.600. The van der Waals surface area contributed by atoms with Crippen LogP contribution < -0.4 is 5.32 Å². The molecule has 0 radical (unpaired) electrons. The number of H-pyrrole nitrogens is 1. The molecule has 1 unspecified atom stereocenters. The van der Waals surface area contributed by atoms with Crippen molar-refractivity contribution in [3.63, 3.8) is 0 Å². The van der Waals surface area contributed by atoms with Crippen LogP contribution in [0.2, 0.25) is 0 Å². The lowest BCUT2D eigenvalue weighted by Gasteiger charge is -2.39. The minimum absolute atomic E-state index is 0.0153. The number of tetrazole rings is 1. The molecule has 2 aromatic heterocycles. The molecular weight excluding hydrogens is 384 g/mol. The van der Waals surface area contributed by atoms with Gasteiger partial charge in [0.2, 0.25) is 11.8 Å². The Morgan fingerprint density at radius 1 is 1.30 bits per heavy atom. The number of aromatic amines is 1. The summed E-state index contributed by atoms with van der Waals surface area (Å²) in [4.78, 5) is 29.3. The molecule has 3 fully saturated rings. The quantitative estimate of drug-likeness (QED) is 0.692. The van der Waals surface area contributed by atoms with Gasteiger partial charge in [-0.15, -0.1) is 10.2 Å². The molecule has 4 heterocycles. The zero-order valence-corrected chi connectivity index (χ0v) is 16.8. The van der Waals surface area contributed by atoms with Gasteiger partial charge in [0, 0.05) is 24.2 Å². The lowest BCUT2D eigenvalue weighted by Crippen LogP contribution is -2.53. The topological polar surface area (TPSA) is 122 Å². The van der Waals surface area contributed by atoms with Gasteiger partial charge >= 0.3 is 0 Å². The van der Waals surface area contributed by atoms with Crippen LogP contribution in [0.4, 0.5) is 0 Å². The van der Waals surface area contributed by atoms with Crippen LogP contribution in [0.15, 0.2) is 12.3 Å². The zero-order valence-electron chi connectivity index (χ0n) is 16.8. The van der Waals surface area contributed by atoms with E-state index in [1.54, 1.807) is 13.1 Å². The molecule has 156 valence electrons. The molecule has 2 saturated heterocycles. The Hall–Kier alpha value is -3.04. The van der Waals surface area contributed by atoms with Crippen molar-refractivity contribution in [2.45, 2.75) is 62.1 Å². The summed E-state index contributed by atoms with van der Waals surface area (Å²) in [6.07, 6.45) is 10.4. The molecule has 2 aliphatic carbocycles. The summed E-state index contributed by atoms with van der Waals surface area (Å²) >= 11 is 0. The average molecular weight is 408 g/mol. The second-order valence-electron chi connectivity index (χ2n) is 9.09. The van der Waals surface area contributed by atoms with Crippen molar-refractivity contribution in [2.75, 3.05) is 0 Å². The summed E-state index contributed by atoms with van der Waals surface area (Å²) in [5.41, 5.74) is 1.82. The zero-order chi connectivity index (χ0) is 20.5. The van der Waals surface area contributed by atoms with E-state index in [1.165, 1.54) is 16.4 Å². The Morgan fingerprint density at radius 3 is 2.83 bits per heavy atom. The first-order valence-electron chi connectivity index (χ1n) is 10.6. The number of aryl methyl sites for hydroxylation is 1. The molecule has 5 atom stereocenters. The number of rotatable bonds is 4. The Morgan fingerprint density at radius 2 is 2.10 bits per heavy atom. The Labute approximate surface area is 173 Å². The molecule has 10 heteroatoms. The number of hydrogen-bond acceptors (Lipinski definition) is 6. The monoisotopic (exact) mass is 408 g/mol. The minimum Gasteiger partial charge on any atom is -0.352 e. The number of aromatic nitrogens is 6. The van der Waals surface area contributed by atoms with Gasteiger partial charge in [-0.05, 0) is 61.3 Å². The number of nitrogens with one attached hydrogen (secondary N) is 2. The second-order valence-corrected chi connectivity index (χ2v) is 9.09. The summed E-state index contributed by atoms with van der Waals surface area (Å²) in [5.74, 6) is 0.958. The highest BCUT2D eigenvalue weighted by atomic mass is 16.2. The van der Waals surface area contributed by atoms with Crippen LogP contribution in [0.5, 0.6) is 0 Å². The van der Waals surface area contributed by atoms with Gasteiger partial charge in [0.05, 0.1) is 24.4 Å². The molecule has 10 nitrogen and oxygen atoms in total. The summed E-state index contributed by atoms with van der Waals surface area (Å²) in [5, 5.41) is 22.2. The molecule has 2 aliphatic heterocycles. The normalized spacial score (nSPS) is 33.6. The van der Waals surface area contributed by atoms with E-state index < -0.39 is 0 Å². The first-order chi connectivity index (χ1) is 14.5. The summed E-state index contributed by atoms with van der Waals surface area (Å²) in [6.45, 7) is 0. The fourth-order valence-corrected chi connectivity index (χ4v) is 5.96. The summed E-state index contributed by atoms with van der Waals surface area (Å²) < 4.78 is 0. The third kappa shape index (κ3) is 2.55. The standard InChI is InChI=1S/C20H24N8O2/c1-27-25-16(23-26-27)4-5-17(29)28-14-2-3-15(28)8-13(7-14)22-19(30)20-9-12(20)6-11-10-21-24-18(11)20/h4-5,10,12-15H,2-3,6-9H2,1H3,(H,21,24)(H,22,30)/b5-4+/t12-,13?,14-,15+,20-/m1/s1. The predicted molar refractivity (Wildman–Crippen MR) is 105 cm³/mol. The third-order valence-corrected chi connectivity index (χ3v) is 7.36. The maximum Gasteiger partial charge on any atom is 0.247 e. The molecule has 30 heavy (non-hydrogen) atoms. The van der Waals surface area contributed by atoms with E-state index in [-0.39, 0.29) is 35.4 Å². The van der Waals surface area contributed by atoms with Crippen LogP contribution in [0.3, 0.4) is 0 Å². The van der Waals surface area contributed by atoms with Crippen LogP contribution in [0.25, 0.3) is 6.08 Å². The molecule has 2 N–H and O–H groups in total. The van der Waals surface area contributed by atoms with Gasteiger partial charge in [-0.25, -0.2) is 0 Å². The van der Waals surface area contributed by atoms with Crippen LogP contribution in [-0.4, -0.2) is 65.2 Å². The van der Waals surface area contributed by atoms with E-state index in [2.05, 4.69) is 30.9 Å². The van der Waals surface area contributed by atoms with Gasteiger partial charge < -0.3 is 10.2 Å². The Bertz CT molecular complexity index is 1040. The van der Waals surface area contributed by atoms with E-state index in [1.807, 2.05) is 11.1 Å². The number of carbonyl (C=O) groups is 2. The molecule has 6 rings (SSSR count). The number of nitrogens with zero attached hydrogens (tertiary/aromatic N) is 6. The van der Waals surface area contributed by atoms with Crippen LogP contribution in [0, 0.1) is 5.92 Å². The molecule has 2 bridgehead atoms. The third-order valence-electron chi connectivity index (χ3n) is 7.36. The van der Waals surface area contributed by atoms with Gasteiger partial charge in [0.15, 0.2) is 5.82 Å². The highest BCUT2D eigenvalue weighted by Gasteiger charge is 2.66. The Balaban J connectivity index is 1.11. The summed E-state index contributed by atoms with van der Waals surface area (Å²) in [6, 6.07) is 0.451. The molecule has 2 aromatic rings. The van der Waals surface area contributed by atoms with Crippen LogP contribution in [-0.2, 0) is 28.5 Å². The van der Waals surface area contributed by atoms with Crippen molar-refractivity contribution in [1.29, 1.82) is 0 Å². The molecule has 0 aromatic carbocycles. The van der Waals surface area contributed by atoms with Crippen molar-refractivity contribution in [3.8, 4) is 0 Å².